The minimum absolute atomic E-state index is 0.245. The van der Waals surface area contributed by atoms with Crippen molar-refractivity contribution in [3.8, 4) is 0 Å². The molecule has 2 aromatic rings. The molecule has 0 spiro atoms. The summed E-state index contributed by atoms with van der Waals surface area (Å²) in [6, 6.07) is 8.67. The maximum absolute atomic E-state index is 12.6. The largest absolute Gasteiger partial charge is 0.358 e. The van der Waals surface area contributed by atoms with Crippen LogP contribution in [0.2, 0.25) is 0 Å². The summed E-state index contributed by atoms with van der Waals surface area (Å²) in [5, 5.41) is 1.18. The Morgan fingerprint density at radius 3 is 2.71 bits per heavy atom. The van der Waals surface area contributed by atoms with E-state index in [2.05, 4.69) is 24.0 Å². The van der Waals surface area contributed by atoms with Crippen molar-refractivity contribution >= 4 is 16.8 Å². The molecule has 1 N–H and O–H groups in total. The Balaban J connectivity index is 1.78. The lowest BCUT2D eigenvalue weighted by Gasteiger charge is -2.31. The van der Waals surface area contributed by atoms with Crippen molar-refractivity contribution in [2.75, 3.05) is 7.05 Å². The zero-order chi connectivity index (χ0) is 14.8. The summed E-state index contributed by atoms with van der Waals surface area (Å²) in [6.07, 6.45) is 6.66. The topological polar surface area (TPSA) is 36.1 Å². The number of fused-ring (bicyclic) bond motifs is 1. The fourth-order valence-corrected chi connectivity index (χ4v) is 3.51. The van der Waals surface area contributed by atoms with Crippen molar-refractivity contribution in [1.29, 1.82) is 0 Å². The normalized spacial score (nSPS) is 16.3. The van der Waals surface area contributed by atoms with Crippen LogP contribution in [-0.2, 0) is 11.2 Å². The minimum atomic E-state index is 0.245. The molecule has 3 heteroatoms. The molecule has 1 fully saturated rings. The highest BCUT2D eigenvalue weighted by molar-refractivity contribution is 5.90. The SMILES string of the molecule is Cc1[nH]c2ccccc2c1CC(=O)N(C)C1CCCCC1. The number of nitrogens with one attached hydrogen (secondary N) is 1. The van der Waals surface area contributed by atoms with Crippen LogP contribution >= 0.6 is 0 Å². The van der Waals surface area contributed by atoms with Gasteiger partial charge in [0.1, 0.15) is 0 Å². The third kappa shape index (κ3) is 2.82. The van der Waals surface area contributed by atoms with Gasteiger partial charge in [0.25, 0.3) is 0 Å². The lowest BCUT2D eigenvalue weighted by Crippen LogP contribution is -2.39. The average Bonchev–Trinajstić information content (AvgIpc) is 2.83. The Bertz CT molecular complexity index is 638. The van der Waals surface area contributed by atoms with Crippen LogP contribution in [0.25, 0.3) is 10.9 Å². The van der Waals surface area contributed by atoms with Crippen LogP contribution in [0.5, 0.6) is 0 Å². The van der Waals surface area contributed by atoms with Gasteiger partial charge >= 0.3 is 0 Å². The molecular formula is C18H24N2O. The summed E-state index contributed by atoms with van der Waals surface area (Å²) in [5.74, 6) is 0.245. The predicted molar refractivity (Wildman–Crippen MR) is 86.4 cm³/mol. The number of aromatic nitrogens is 1. The number of carbonyl (C=O) groups excluding carboxylic acids is 1. The van der Waals surface area contributed by atoms with Gasteiger partial charge < -0.3 is 9.88 Å². The van der Waals surface area contributed by atoms with E-state index in [1.54, 1.807) is 0 Å². The van der Waals surface area contributed by atoms with Gasteiger partial charge in [-0.3, -0.25) is 4.79 Å². The second-order valence-electron chi connectivity index (χ2n) is 6.25. The quantitative estimate of drug-likeness (QED) is 0.914. The van der Waals surface area contributed by atoms with E-state index >= 15 is 0 Å². The van der Waals surface area contributed by atoms with Crippen LogP contribution in [0, 0.1) is 6.92 Å². The van der Waals surface area contributed by atoms with Crippen molar-refractivity contribution in [2.24, 2.45) is 0 Å². The molecule has 0 unspecified atom stereocenters. The van der Waals surface area contributed by atoms with E-state index in [1.165, 1.54) is 24.6 Å². The highest BCUT2D eigenvalue weighted by Crippen LogP contribution is 2.25. The van der Waals surface area contributed by atoms with Crippen LogP contribution in [0.4, 0.5) is 0 Å². The van der Waals surface area contributed by atoms with E-state index in [1.807, 2.05) is 24.1 Å². The maximum atomic E-state index is 12.6. The molecule has 0 saturated heterocycles. The van der Waals surface area contributed by atoms with Gasteiger partial charge in [-0.2, -0.15) is 0 Å². The first-order chi connectivity index (χ1) is 10.2. The monoisotopic (exact) mass is 284 g/mol. The Morgan fingerprint density at radius 2 is 1.95 bits per heavy atom. The third-order valence-corrected chi connectivity index (χ3v) is 4.87. The van der Waals surface area contributed by atoms with E-state index in [0.29, 0.717) is 12.5 Å². The van der Waals surface area contributed by atoms with E-state index in [-0.39, 0.29) is 5.91 Å². The maximum Gasteiger partial charge on any atom is 0.227 e. The average molecular weight is 284 g/mol. The predicted octanol–water partition coefficient (Wildman–Crippen LogP) is 3.81. The van der Waals surface area contributed by atoms with E-state index in [0.717, 1.165) is 29.6 Å². The van der Waals surface area contributed by atoms with Crippen LogP contribution < -0.4 is 0 Å². The van der Waals surface area contributed by atoms with Crippen molar-refractivity contribution in [3.63, 3.8) is 0 Å². The number of para-hydroxylation sites is 1. The van der Waals surface area contributed by atoms with Gasteiger partial charge in [0, 0.05) is 29.7 Å². The second kappa shape index (κ2) is 5.92. The molecule has 1 aromatic carbocycles. The summed E-state index contributed by atoms with van der Waals surface area (Å²) in [7, 11) is 1.97. The smallest absolute Gasteiger partial charge is 0.227 e. The number of hydrogen-bond donors (Lipinski definition) is 1. The molecule has 1 heterocycles. The van der Waals surface area contributed by atoms with Crippen molar-refractivity contribution in [1.82, 2.24) is 9.88 Å². The zero-order valence-electron chi connectivity index (χ0n) is 13.0. The van der Waals surface area contributed by atoms with E-state index in [4.69, 9.17) is 0 Å². The number of carbonyl (C=O) groups is 1. The number of aromatic amines is 1. The summed E-state index contributed by atoms with van der Waals surface area (Å²) in [6.45, 7) is 2.06. The van der Waals surface area contributed by atoms with Gasteiger partial charge in [0.2, 0.25) is 5.91 Å². The van der Waals surface area contributed by atoms with Gasteiger partial charge in [-0.25, -0.2) is 0 Å². The highest BCUT2D eigenvalue weighted by atomic mass is 16.2. The van der Waals surface area contributed by atoms with Crippen molar-refractivity contribution < 1.29 is 4.79 Å². The molecule has 1 saturated carbocycles. The second-order valence-corrected chi connectivity index (χ2v) is 6.25. The molecule has 21 heavy (non-hydrogen) atoms. The zero-order valence-corrected chi connectivity index (χ0v) is 13.0. The molecule has 1 aliphatic carbocycles. The molecule has 1 aliphatic rings. The summed E-state index contributed by atoms with van der Waals surface area (Å²) >= 11 is 0. The molecule has 3 nitrogen and oxygen atoms in total. The summed E-state index contributed by atoms with van der Waals surface area (Å²) < 4.78 is 0. The first-order valence-electron chi connectivity index (χ1n) is 7.98. The lowest BCUT2D eigenvalue weighted by molar-refractivity contribution is -0.131. The Morgan fingerprint density at radius 1 is 1.24 bits per heavy atom. The van der Waals surface area contributed by atoms with Gasteiger partial charge in [0.15, 0.2) is 0 Å². The number of amides is 1. The molecule has 0 aliphatic heterocycles. The number of likely N-dealkylation sites (N-methyl/N-ethyl adjacent to an activating group) is 1. The number of rotatable bonds is 3. The first-order valence-corrected chi connectivity index (χ1v) is 7.98. The lowest BCUT2D eigenvalue weighted by atomic mass is 9.94. The Kier molecular flexibility index (Phi) is 4.00. The minimum Gasteiger partial charge on any atom is -0.358 e. The molecular weight excluding hydrogens is 260 g/mol. The molecule has 112 valence electrons. The number of hydrogen-bond acceptors (Lipinski definition) is 1. The molecule has 0 radical (unpaired) electrons. The first kappa shape index (κ1) is 14.2. The van der Waals surface area contributed by atoms with Crippen molar-refractivity contribution in [2.45, 2.75) is 51.5 Å². The van der Waals surface area contributed by atoms with Gasteiger partial charge in [-0.1, -0.05) is 37.5 Å². The number of benzene rings is 1. The van der Waals surface area contributed by atoms with Crippen molar-refractivity contribution in [3.05, 3.63) is 35.5 Å². The van der Waals surface area contributed by atoms with Crippen LogP contribution in [0.3, 0.4) is 0 Å². The van der Waals surface area contributed by atoms with E-state index in [9.17, 15) is 4.79 Å². The standard InChI is InChI=1S/C18H24N2O/c1-13-16(15-10-6-7-11-17(15)19-13)12-18(21)20(2)14-8-4-3-5-9-14/h6-7,10-11,14,19H,3-5,8-9,12H2,1-2H3. The molecule has 3 rings (SSSR count). The molecule has 0 bridgehead atoms. The van der Waals surface area contributed by atoms with Crippen LogP contribution in [0.15, 0.2) is 24.3 Å². The van der Waals surface area contributed by atoms with Crippen LogP contribution in [-0.4, -0.2) is 28.9 Å². The Hall–Kier alpha value is -1.77. The summed E-state index contributed by atoms with van der Waals surface area (Å²) in [4.78, 5) is 18.0. The third-order valence-electron chi connectivity index (χ3n) is 4.87. The highest BCUT2D eigenvalue weighted by Gasteiger charge is 2.23. The van der Waals surface area contributed by atoms with Gasteiger partial charge in [-0.05, 0) is 31.4 Å². The van der Waals surface area contributed by atoms with Crippen LogP contribution in [0.1, 0.15) is 43.4 Å². The number of H-pyrrole nitrogens is 1. The van der Waals surface area contributed by atoms with E-state index < -0.39 is 0 Å². The fourth-order valence-electron chi connectivity index (χ4n) is 3.51. The number of nitrogens with zero attached hydrogens (tertiary/aromatic N) is 1. The van der Waals surface area contributed by atoms with Gasteiger partial charge in [0.05, 0.1) is 6.42 Å². The molecule has 0 atom stereocenters. The van der Waals surface area contributed by atoms with Gasteiger partial charge in [-0.15, -0.1) is 0 Å². The summed E-state index contributed by atoms with van der Waals surface area (Å²) in [5.41, 5.74) is 3.39. The molecule has 1 amide bonds. The Labute approximate surface area is 126 Å². The number of aryl methyl sites for hydroxylation is 1. The fraction of sp³-hybridized carbons (Fsp3) is 0.500. The molecule has 1 aromatic heterocycles.